The van der Waals surface area contributed by atoms with Crippen molar-refractivity contribution in [3.63, 3.8) is 0 Å². The zero-order valence-corrected chi connectivity index (χ0v) is 13.3. The maximum absolute atomic E-state index is 12.8. The van der Waals surface area contributed by atoms with Crippen molar-refractivity contribution in [3.8, 4) is 5.88 Å². The second kappa shape index (κ2) is 7.75. The first kappa shape index (κ1) is 16.2. The summed E-state index contributed by atoms with van der Waals surface area (Å²) in [6.07, 6.45) is 6.21. The van der Waals surface area contributed by atoms with Crippen LogP contribution in [-0.2, 0) is 4.74 Å². The van der Waals surface area contributed by atoms with Gasteiger partial charge in [0.05, 0.1) is 13.2 Å². The van der Waals surface area contributed by atoms with Crippen LogP contribution in [-0.4, -0.2) is 59.4 Å². The molecule has 3 heterocycles. The van der Waals surface area contributed by atoms with E-state index in [1.807, 2.05) is 4.90 Å². The van der Waals surface area contributed by atoms with Gasteiger partial charge in [0.25, 0.3) is 5.91 Å². The van der Waals surface area contributed by atoms with Crippen LogP contribution in [0.3, 0.4) is 0 Å². The molecule has 3 rings (SSSR count). The molecule has 1 aromatic heterocycles. The molecule has 0 spiro atoms. The number of nitrogens with zero attached hydrogens (tertiary/aromatic N) is 2. The van der Waals surface area contributed by atoms with Crippen molar-refractivity contribution in [2.75, 3.05) is 26.4 Å². The van der Waals surface area contributed by atoms with Crippen molar-refractivity contribution >= 4 is 5.91 Å². The summed E-state index contributed by atoms with van der Waals surface area (Å²) in [6.45, 7) is 2.14. The van der Waals surface area contributed by atoms with Gasteiger partial charge in [-0.2, -0.15) is 0 Å². The Balaban J connectivity index is 1.70. The van der Waals surface area contributed by atoms with E-state index in [4.69, 9.17) is 9.47 Å². The molecule has 2 saturated heterocycles. The summed E-state index contributed by atoms with van der Waals surface area (Å²) in [7, 11) is 0. The molecule has 1 amide bonds. The molecule has 126 valence electrons. The second-order valence-electron chi connectivity index (χ2n) is 6.15. The number of rotatable bonds is 5. The third-order valence-corrected chi connectivity index (χ3v) is 4.51. The Labute approximate surface area is 136 Å². The molecule has 0 aliphatic carbocycles. The summed E-state index contributed by atoms with van der Waals surface area (Å²) < 4.78 is 11.1. The van der Waals surface area contributed by atoms with Crippen LogP contribution in [0.15, 0.2) is 18.3 Å². The summed E-state index contributed by atoms with van der Waals surface area (Å²) in [4.78, 5) is 18.9. The molecule has 6 heteroatoms. The molecule has 2 atom stereocenters. The van der Waals surface area contributed by atoms with Crippen LogP contribution < -0.4 is 4.74 Å². The van der Waals surface area contributed by atoms with E-state index in [0.717, 1.165) is 32.2 Å². The fraction of sp³-hybridized carbons (Fsp3) is 0.647. The largest absolute Gasteiger partial charge is 0.472 e. The number of aliphatic hydroxyl groups is 1. The van der Waals surface area contributed by atoms with Gasteiger partial charge >= 0.3 is 0 Å². The molecule has 0 aromatic carbocycles. The van der Waals surface area contributed by atoms with Gasteiger partial charge < -0.3 is 19.5 Å². The molecule has 6 nitrogen and oxygen atoms in total. The van der Waals surface area contributed by atoms with E-state index >= 15 is 0 Å². The zero-order valence-electron chi connectivity index (χ0n) is 13.3. The highest BCUT2D eigenvalue weighted by Crippen LogP contribution is 2.23. The molecule has 2 fully saturated rings. The number of likely N-dealkylation sites (tertiary alicyclic amines) is 1. The van der Waals surface area contributed by atoms with Crippen LogP contribution in [0.5, 0.6) is 5.88 Å². The molecule has 2 aliphatic heterocycles. The third-order valence-electron chi connectivity index (χ3n) is 4.51. The minimum absolute atomic E-state index is 0.00179. The van der Waals surface area contributed by atoms with E-state index in [1.54, 1.807) is 18.3 Å². The molecule has 1 aromatic rings. The highest BCUT2D eigenvalue weighted by atomic mass is 16.5. The lowest BCUT2D eigenvalue weighted by atomic mass is 9.98. The fourth-order valence-corrected chi connectivity index (χ4v) is 3.27. The summed E-state index contributed by atoms with van der Waals surface area (Å²) >= 11 is 0. The quantitative estimate of drug-likeness (QED) is 0.893. The summed E-state index contributed by atoms with van der Waals surface area (Å²) in [5, 5.41) is 9.21. The Hall–Kier alpha value is -1.66. The standard InChI is InChI=1S/C17H24N2O4/c20-9-5-14-3-1-2-8-19(14)17(21)13-4-7-18-16(11-13)23-15-6-10-22-12-15/h4,7,11,14-15,20H,1-3,5-6,8-10,12H2. The normalized spacial score (nSPS) is 24.7. The second-order valence-corrected chi connectivity index (χ2v) is 6.15. The van der Waals surface area contributed by atoms with Gasteiger partial charge in [-0.3, -0.25) is 4.79 Å². The van der Waals surface area contributed by atoms with Crippen LogP contribution in [0, 0.1) is 0 Å². The van der Waals surface area contributed by atoms with Gasteiger partial charge in [0, 0.05) is 43.4 Å². The molecule has 1 N–H and O–H groups in total. The summed E-state index contributed by atoms with van der Waals surface area (Å²) in [5.74, 6) is 0.472. The van der Waals surface area contributed by atoms with Gasteiger partial charge in [-0.05, 0) is 31.7 Å². The van der Waals surface area contributed by atoms with Crippen molar-refractivity contribution in [1.82, 2.24) is 9.88 Å². The van der Waals surface area contributed by atoms with Crippen molar-refractivity contribution < 1.29 is 19.4 Å². The Morgan fingerprint density at radius 1 is 1.43 bits per heavy atom. The van der Waals surface area contributed by atoms with E-state index in [1.165, 1.54) is 0 Å². The molecular weight excluding hydrogens is 296 g/mol. The zero-order chi connectivity index (χ0) is 16.1. The monoisotopic (exact) mass is 320 g/mol. The lowest BCUT2D eigenvalue weighted by Gasteiger charge is -2.35. The van der Waals surface area contributed by atoms with Crippen molar-refractivity contribution in [2.45, 2.75) is 44.2 Å². The Kier molecular flexibility index (Phi) is 5.46. The fourth-order valence-electron chi connectivity index (χ4n) is 3.27. The van der Waals surface area contributed by atoms with E-state index in [9.17, 15) is 9.90 Å². The van der Waals surface area contributed by atoms with Crippen molar-refractivity contribution in [2.24, 2.45) is 0 Å². The first-order valence-electron chi connectivity index (χ1n) is 8.40. The van der Waals surface area contributed by atoms with Gasteiger partial charge in [-0.25, -0.2) is 4.98 Å². The van der Waals surface area contributed by atoms with E-state index in [2.05, 4.69) is 4.98 Å². The lowest BCUT2D eigenvalue weighted by molar-refractivity contribution is 0.0573. The van der Waals surface area contributed by atoms with Gasteiger partial charge in [-0.15, -0.1) is 0 Å². The summed E-state index contributed by atoms with van der Waals surface area (Å²) in [5.41, 5.74) is 0.596. The minimum Gasteiger partial charge on any atom is -0.472 e. The number of aliphatic hydroxyl groups excluding tert-OH is 1. The average molecular weight is 320 g/mol. The Morgan fingerprint density at radius 3 is 3.13 bits per heavy atom. The predicted octanol–water partition coefficient (Wildman–Crippen LogP) is 1.63. The van der Waals surface area contributed by atoms with Crippen LogP contribution in [0.25, 0.3) is 0 Å². The van der Waals surface area contributed by atoms with Crippen molar-refractivity contribution in [3.05, 3.63) is 23.9 Å². The van der Waals surface area contributed by atoms with E-state index in [-0.39, 0.29) is 24.7 Å². The molecule has 23 heavy (non-hydrogen) atoms. The number of ether oxygens (including phenoxy) is 2. The molecule has 2 unspecified atom stereocenters. The number of carbonyl (C=O) groups excluding carboxylic acids is 1. The first-order chi connectivity index (χ1) is 11.3. The number of pyridine rings is 1. The van der Waals surface area contributed by atoms with Gasteiger partial charge in [0.1, 0.15) is 6.10 Å². The smallest absolute Gasteiger partial charge is 0.254 e. The number of piperidine rings is 1. The van der Waals surface area contributed by atoms with Crippen LogP contribution in [0.4, 0.5) is 0 Å². The molecule has 0 saturated carbocycles. The lowest BCUT2D eigenvalue weighted by Crippen LogP contribution is -2.44. The predicted molar refractivity (Wildman–Crippen MR) is 84.5 cm³/mol. The van der Waals surface area contributed by atoms with Crippen LogP contribution >= 0.6 is 0 Å². The third kappa shape index (κ3) is 4.00. The molecule has 0 radical (unpaired) electrons. The number of hydrogen-bond acceptors (Lipinski definition) is 5. The Morgan fingerprint density at radius 2 is 2.35 bits per heavy atom. The maximum Gasteiger partial charge on any atom is 0.254 e. The summed E-state index contributed by atoms with van der Waals surface area (Å²) in [6, 6.07) is 3.57. The number of aromatic nitrogens is 1. The SMILES string of the molecule is O=C(c1ccnc(OC2CCOC2)c1)N1CCCCC1CCO. The van der Waals surface area contributed by atoms with Gasteiger partial charge in [-0.1, -0.05) is 0 Å². The van der Waals surface area contributed by atoms with Crippen molar-refractivity contribution in [1.29, 1.82) is 0 Å². The van der Waals surface area contributed by atoms with Crippen LogP contribution in [0.1, 0.15) is 42.5 Å². The molecule has 0 bridgehead atoms. The highest BCUT2D eigenvalue weighted by Gasteiger charge is 2.27. The van der Waals surface area contributed by atoms with E-state index < -0.39 is 0 Å². The minimum atomic E-state index is -0.00179. The van der Waals surface area contributed by atoms with Gasteiger partial charge in [0.15, 0.2) is 0 Å². The van der Waals surface area contributed by atoms with E-state index in [0.29, 0.717) is 31.1 Å². The topological polar surface area (TPSA) is 71.9 Å². The average Bonchev–Trinajstić information content (AvgIpc) is 3.08. The molecular formula is C17H24N2O4. The highest BCUT2D eigenvalue weighted by molar-refractivity contribution is 5.94. The van der Waals surface area contributed by atoms with Crippen LogP contribution in [0.2, 0.25) is 0 Å². The molecule has 2 aliphatic rings. The number of hydrogen-bond donors (Lipinski definition) is 1. The first-order valence-corrected chi connectivity index (χ1v) is 8.40. The number of carbonyl (C=O) groups is 1. The number of amides is 1. The maximum atomic E-state index is 12.8. The Bertz CT molecular complexity index is 529. The van der Waals surface area contributed by atoms with Gasteiger partial charge in [0.2, 0.25) is 5.88 Å².